The van der Waals surface area contributed by atoms with E-state index < -0.39 is 0 Å². The predicted octanol–water partition coefficient (Wildman–Crippen LogP) is 4.23. The maximum atomic E-state index is 11.9. The minimum Gasteiger partial charge on any atom is -0.497 e. The number of carbonyl (C=O) groups excluding carboxylic acids is 1. The standard InChI is InChI=1S/C19H23NO3/c1-4-14(2)15-8-10-17(11-9-15)23-13-19(21)20-16-6-5-7-18(12-16)22-3/h5-12,14H,4,13H2,1-3H3,(H,20,21)/t14-/m0/s1. The van der Waals surface area contributed by atoms with Gasteiger partial charge >= 0.3 is 0 Å². The monoisotopic (exact) mass is 313 g/mol. The molecule has 0 fully saturated rings. The SMILES string of the molecule is CC[C@H](C)c1ccc(OCC(=O)Nc2cccc(OC)c2)cc1. The number of hydrogen-bond acceptors (Lipinski definition) is 3. The Morgan fingerprint density at radius 1 is 1.13 bits per heavy atom. The van der Waals surface area contributed by atoms with Crippen molar-refractivity contribution in [2.45, 2.75) is 26.2 Å². The first kappa shape index (κ1) is 16.9. The summed E-state index contributed by atoms with van der Waals surface area (Å²) in [7, 11) is 1.59. The predicted molar refractivity (Wildman–Crippen MR) is 92.3 cm³/mol. The number of ether oxygens (including phenoxy) is 2. The van der Waals surface area contributed by atoms with Crippen LogP contribution in [0.3, 0.4) is 0 Å². The van der Waals surface area contributed by atoms with E-state index in [-0.39, 0.29) is 12.5 Å². The van der Waals surface area contributed by atoms with Crippen LogP contribution in [0.15, 0.2) is 48.5 Å². The van der Waals surface area contributed by atoms with Gasteiger partial charge in [0, 0.05) is 11.8 Å². The Hall–Kier alpha value is -2.49. The Balaban J connectivity index is 1.86. The second kappa shape index (κ2) is 8.22. The molecule has 2 rings (SSSR count). The molecule has 122 valence electrons. The molecule has 1 atom stereocenters. The quantitative estimate of drug-likeness (QED) is 0.832. The lowest BCUT2D eigenvalue weighted by Crippen LogP contribution is -2.20. The number of carbonyl (C=O) groups is 1. The summed E-state index contributed by atoms with van der Waals surface area (Å²) in [6, 6.07) is 15.1. The molecule has 2 aromatic rings. The first-order valence-corrected chi connectivity index (χ1v) is 7.79. The highest BCUT2D eigenvalue weighted by molar-refractivity contribution is 5.92. The molecule has 0 aromatic heterocycles. The van der Waals surface area contributed by atoms with Crippen LogP contribution < -0.4 is 14.8 Å². The highest BCUT2D eigenvalue weighted by Crippen LogP contribution is 2.21. The van der Waals surface area contributed by atoms with E-state index in [9.17, 15) is 4.79 Å². The van der Waals surface area contributed by atoms with Crippen molar-refractivity contribution < 1.29 is 14.3 Å². The van der Waals surface area contributed by atoms with Gasteiger partial charge in [0.25, 0.3) is 5.91 Å². The van der Waals surface area contributed by atoms with Crippen LogP contribution in [0.5, 0.6) is 11.5 Å². The third-order valence-electron chi connectivity index (χ3n) is 3.78. The summed E-state index contributed by atoms with van der Waals surface area (Å²) in [4.78, 5) is 11.9. The number of methoxy groups -OCH3 is 1. The van der Waals surface area contributed by atoms with Crippen molar-refractivity contribution in [3.63, 3.8) is 0 Å². The molecule has 4 nitrogen and oxygen atoms in total. The number of rotatable bonds is 7. The highest BCUT2D eigenvalue weighted by atomic mass is 16.5. The third-order valence-corrected chi connectivity index (χ3v) is 3.78. The van der Waals surface area contributed by atoms with Gasteiger partial charge in [-0.1, -0.05) is 32.0 Å². The fraction of sp³-hybridized carbons (Fsp3) is 0.316. The van der Waals surface area contributed by atoms with E-state index in [2.05, 4.69) is 19.2 Å². The average molecular weight is 313 g/mol. The van der Waals surface area contributed by atoms with Crippen LogP contribution in [0.4, 0.5) is 5.69 Å². The molecule has 0 heterocycles. The van der Waals surface area contributed by atoms with E-state index in [1.807, 2.05) is 36.4 Å². The first-order chi connectivity index (χ1) is 11.1. The molecule has 0 spiro atoms. The van der Waals surface area contributed by atoms with Crippen LogP contribution in [0.1, 0.15) is 31.7 Å². The molecule has 0 aliphatic heterocycles. The number of hydrogen-bond donors (Lipinski definition) is 1. The zero-order valence-corrected chi connectivity index (χ0v) is 13.8. The zero-order chi connectivity index (χ0) is 16.7. The molecule has 23 heavy (non-hydrogen) atoms. The summed E-state index contributed by atoms with van der Waals surface area (Å²) in [5, 5.41) is 2.78. The van der Waals surface area contributed by atoms with Gasteiger partial charge in [0.05, 0.1) is 7.11 Å². The first-order valence-electron chi connectivity index (χ1n) is 7.79. The average Bonchev–Trinajstić information content (AvgIpc) is 2.60. The number of amides is 1. The molecule has 2 aromatic carbocycles. The Morgan fingerprint density at radius 3 is 2.52 bits per heavy atom. The molecule has 0 saturated carbocycles. The van der Waals surface area contributed by atoms with E-state index in [0.29, 0.717) is 23.1 Å². The Kier molecular flexibility index (Phi) is 6.03. The summed E-state index contributed by atoms with van der Waals surface area (Å²) >= 11 is 0. The van der Waals surface area contributed by atoms with Crippen LogP contribution in [0.2, 0.25) is 0 Å². The minimum absolute atomic E-state index is 0.0279. The molecule has 4 heteroatoms. The van der Waals surface area contributed by atoms with E-state index in [1.54, 1.807) is 19.2 Å². The van der Waals surface area contributed by atoms with Crippen molar-refractivity contribution in [3.05, 3.63) is 54.1 Å². The molecule has 0 radical (unpaired) electrons. The smallest absolute Gasteiger partial charge is 0.262 e. The lowest BCUT2D eigenvalue weighted by molar-refractivity contribution is -0.118. The maximum absolute atomic E-state index is 11.9. The molecular formula is C19H23NO3. The lowest BCUT2D eigenvalue weighted by atomic mass is 9.99. The molecule has 1 N–H and O–H groups in total. The maximum Gasteiger partial charge on any atom is 0.262 e. The topological polar surface area (TPSA) is 47.6 Å². The van der Waals surface area contributed by atoms with Gasteiger partial charge in [0.1, 0.15) is 11.5 Å². The van der Waals surface area contributed by atoms with Gasteiger partial charge in [-0.3, -0.25) is 4.79 Å². The number of nitrogens with one attached hydrogen (secondary N) is 1. The van der Waals surface area contributed by atoms with E-state index >= 15 is 0 Å². The van der Waals surface area contributed by atoms with Crippen molar-refractivity contribution in [2.75, 3.05) is 19.0 Å². The van der Waals surface area contributed by atoms with Crippen molar-refractivity contribution in [3.8, 4) is 11.5 Å². The van der Waals surface area contributed by atoms with Gasteiger partial charge in [0.15, 0.2) is 6.61 Å². The van der Waals surface area contributed by atoms with E-state index in [0.717, 1.165) is 6.42 Å². The Bertz CT molecular complexity index is 637. The molecule has 1 amide bonds. The fourth-order valence-corrected chi connectivity index (χ4v) is 2.18. The normalized spacial score (nSPS) is 11.6. The Morgan fingerprint density at radius 2 is 1.87 bits per heavy atom. The molecule has 0 unspecified atom stereocenters. The number of benzene rings is 2. The summed E-state index contributed by atoms with van der Waals surface area (Å²) in [5.41, 5.74) is 1.96. The molecule has 0 aliphatic carbocycles. The fourth-order valence-electron chi connectivity index (χ4n) is 2.18. The van der Waals surface area contributed by atoms with Crippen LogP contribution >= 0.6 is 0 Å². The van der Waals surface area contributed by atoms with Crippen molar-refractivity contribution in [1.82, 2.24) is 0 Å². The zero-order valence-electron chi connectivity index (χ0n) is 13.8. The minimum atomic E-state index is -0.204. The highest BCUT2D eigenvalue weighted by Gasteiger charge is 2.06. The van der Waals surface area contributed by atoms with Gasteiger partial charge in [0.2, 0.25) is 0 Å². The summed E-state index contributed by atoms with van der Waals surface area (Å²) < 4.78 is 10.6. The molecule has 0 bridgehead atoms. The van der Waals surface area contributed by atoms with E-state index in [4.69, 9.17) is 9.47 Å². The second-order valence-electron chi connectivity index (χ2n) is 5.45. The van der Waals surface area contributed by atoms with Gasteiger partial charge in [-0.15, -0.1) is 0 Å². The van der Waals surface area contributed by atoms with Crippen LogP contribution in [-0.4, -0.2) is 19.6 Å². The summed E-state index contributed by atoms with van der Waals surface area (Å²) in [6.07, 6.45) is 1.10. The number of anilines is 1. The summed E-state index contributed by atoms with van der Waals surface area (Å²) in [5.74, 6) is 1.71. The van der Waals surface area contributed by atoms with E-state index in [1.165, 1.54) is 5.56 Å². The van der Waals surface area contributed by atoms with Gasteiger partial charge in [-0.2, -0.15) is 0 Å². The van der Waals surface area contributed by atoms with Gasteiger partial charge in [-0.05, 0) is 42.2 Å². The molecule has 0 aliphatic rings. The van der Waals surface area contributed by atoms with Gasteiger partial charge < -0.3 is 14.8 Å². The molecular weight excluding hydrogens is 290 g/mol. The van der Waals surface area contributed by atoms with Crippen LogP contribution in [0.25, 0.3) is 0 Å². The van der Waals surface area contributed by atoms with Crippen molar-refractivity contribution in [1.29, 1.82) is 0 Å². The van der Waals surface area contributed by atoms with Crippen molar-refractivity contribution >= 4 is 11.6 Å². The van der Waals surface area contributed by atoms with Gasteiger partial charge in [-0.25, -0.2) is 0 Å². The largest absolute Gasteiger partial charge is 0.497 e. The van der Waals surface area contributed by atoms with Crippen LogP contribution in [0, 0.1) is 0 Å². The third kappa shape index (κ3) is 5.02. The lowest BCUT2D eigenvalue weighted by Gasteiger charge is -2.11. The second-order valence-corrected chi connectivity index (χ2v) is 5.45. The Labute approximate surface area is 137 Å². The van der Waals surface area contributed by atoms with Crippen molar-refractivity contribution in [2.24, 2.45) is 0 Å². The summed E-state index contributed by atoms with van der Waals surface area (Å²) in [6.45, 7) is 4.33. The van der Waals surface area contributed by atoms with Crippen LogP contribution in [-0.2, 0) is 4.79 Å². The molecule has 0 saturated heterocycles.